The largest absolute Gasteiger partial charge is 4.00 e. The Bertz CT molecular complexity index is 266. The average Bonchev–Trinajstić information content (AvgIpc) is 2.08. The quantitative estimate of drug-likeness (QED) is 0.126. The Morgan fingerprint density at radius 3 is 0.294 bits per heavy atom. The zero-order chi connectivity index (χ0) is 21.5. The predicted molar refractivity (Wildman–Crippen MR) is 90.1 cm³/mol. The van der Waals surface area contributed by atoms with E-state index in [1.807, 2.05) is 0 Å². The summed E-state index contributed by atoms with van der Waals surface area (Å²) in [7, 11) is 0. The van der Waals surface area contributed by atoms with Crippen molar-refractivity contribution in [3.05, 3.63) is 91.9 Å². The van der Waals surface area contributed by atoms with Crippen LogP contribution >= 0.6 is 0 Å². The first-order valence-corrected chi connectivity index (χ1v) is 3.29. The molecule has 0 unspecified atom stereocenters. The Balaban J connectivity index is -0.00000000771. The van der Waals surface area contributed by atoms with E-state index in [-0.39, 0.29) is 107 Å². The molecule has 0 aromatic carbocycles. The fourth-order valence-electron chi connectivity index (χ4n) is 0. The third kappa shape index (κ3) is 2470. The van der Waals surface area contributed by atoms with Crippen LogP contribution in [0.1, 0.15) is 0 Å². The Morgan fingerprint density at radius 2 is 0.294 bits per heavy atom. The summed E-state index contributed by atoms with van der Waals surface area (Å²) in [5.74, 6) is 0. The summed E-state index contributed by atoms with van der Waals surface area (Å²) in [5, 5.41) is 88.5. The molecule has 0 rings (SSSR count). The monoisotopic (exact) mass is 768 g/mol. The van der Waals surface area contributed by atoms with Gasteiger partial charge in [-0.05, 0) is 0 Å². The number of hydrogen-bond acceptors (Lipinski definition) is 22. The summed E-state index contributed by atoms with van der Waals surface area (Å²) in [6.45, 7) is 0. The summed E-state index contributed by atoms with van der Waals surface area (Å²) >= 11 is 0. The fraction of sp³-hybridized carbons (Fsp3) is 0. The zero-order valence-corrected chi connectivity index (χ0v) is 20.6. The second kappa shape index (κ2) is 112. The van der Waals surface area contributed by atoms with Gasteiger partial charge in [-0.15, -0.1) is 0 Å². The predicted octanol–water partition coefficient (Wildman–Crippen LogP) is -5.82. The topological polar surface area (TPSA) is 643 Å². The molecule has 0 saturated heterocycles. The van der Waals surface area contributed by atoms with Crippen molar-refractivity contribution < 1.29 is 114 Å². The maximum absolute atomic E-state index is 8.25. The normalized spacial score (nSPS) is 4.24. The van der Waals surface area contributed by atoms with Gasteiger partial charge in [-0.1, -0.05) is 0 Å². The van der Waals surface area contributed by atoms with Gasteiger partial charge in [0.25, 0.3) is 0 Å². The van der Waals surface area contributed by atoms with E-state index >= 15 is 0 Å². The fourth-order valence-corrected chi connectivity index (χ4v) is 0. The van der Waals surface area contributed by atoms with Crippen molar-refractivity contribution in [2.75, 3.05) is 0 Å². The first-order chi connectivity index (χ1) is 10.4. The van der Waals surface area contributed by atoms with E-state index in [9.17, 15) is 0 Å². The zero-order valence-electron chi connectivity index (χ0n) is 15.0. The molecular weight excluding hydrogens is 756 g/mol. The van der Waals surface area contributed by atoms with Crippen LogP contribution in [0.15, 0.2) is 0 Å². The van der Waals surface area contributed by atoms with E-state index in [2.05, 4.69) is 0 Å². The molecule has 32 nitrogen and oxygen atoms in total. The smallest absolute Gasteiger partial charge is 0.870 e. The molecule has 0 atom stereocenters. The first-order valence-electron chi connectivity index (χ1n) is 3.29. The molecule has 0 amide bonds. The van der Waals surface area contributed by atoms with E-state index in [0.29, 0.717) is 0 Å². The SMILES string of the molecule is O.O.O.O.O=[N+]([O-])[O-].O=[N+]([O-])[O-].O=[N+]([O-])[O-].O=[N+]([O-])[O-].O=[N+]([O-])[O-].O=[N+]([O-])[O-].[Mg+2].[OH-].[OH-].[OH-].[OH-].[Th+4]. The van der Waals surface area contributed by atoms with Crippen LogP contribution in [0.5, 0.6) is 0 Å². The standard InChI is InChI=1S/Mg.6NO3.8H2O.Th/c;6*2-1(3)4;;;;;;;;;/h;;;;;;;8*1H2;/q+2;6*-1;;;;;;;;;+4/p-4. The summed E-state index contributed by atoms with van der Waals surface area (Å²) < 4.78 is 0. The second-order valence-electron chi connectivity index (χ2n) is 1.34. The van der Waals surface area contributed by atoms with Crippen LogP contribution in [0, 0.1) is 132 Å². The molecule has 0 aliphatic heterocycles. The van der Waals surface area contributed by atoms with Crippen molar-refractivity contribution in [3.63, 3.8) is 0 Å². The van der Waals surface area contributed by atoms with Crippen molar-refractivity contribution in [1.82, 2.24) is 0 Å². The van der Waals surface area contributed by atoms with Gasteiger partial charge in [0.15, 0.2) is 0 Å². The van der Waals surface area contributed by atoms with Crippen LogP contribution in [0.4, 0.5) is 0 Å². The summed E-state index contributed by atoms with van der Waals surface area (Å²) in [4.78, 5) is 49.5. The number of hydrogen-bond donors (Lipinski definition) is 0. The molecule has 34 heteroatoms. The molecule has 0 aliphatic rings. The van der Waals surface area contributed by atoms with E-state index in [4.69, 9.17) is 91.9 Å². The van der Waals surface area contributed by atoms with Crippen LogP contribution in [-0.2, 0) is 0 Å². The molecule has 0 spiro atoms. The molecule has 0 aromatic rings. The van der Waals surface area contributed by atoms with E-state index in [1.165, 1.54) is 0 Å². The molecule has 208 valence electrons. The van der Waals surface area contributed by atoms with Crippen molar-refractivity contribution in [2.24, 2.45) is 0 Å². The van der Waals surface area contributed by atoms with Crippen molar-refractivity contribution in [2.45, 2.75) is 0 Å². The molecule has 12 N–H and O–H groups in total. The van der Waals surface area contributed by atoms with Crippen molar-refractivity contribution in [3.8, 4) is 0 Å². The van der Waals surface area contributed by atoms with E-state index in [1.54, 1.807) is 0 Å². The van der Waals surface area contributed by atoms with Crippen LogP contribution < -0.4 is 0 Å². The third-order valence-electron chi connectivity index (χ3n) is 0. The molecule has 0 aliphatic carbocycles. The Hall–Kier alpha value is -3.03. The molecule has 0 heterocycles. The molecule has 0 aromatic heterocycles. The first kappa shape index (κ1) is 124. The van der Waals surface area contributed by atoms with Crippen LogP contribution in [0.3, 0.4) is 0 Å². The molecular formula is H12MgN6O26Th-4. The average molecular weight is 768 g/mol. The minimum Gasteiger partial charge on any atom is -0.870 e. The molecule has 0 radical (unpaired) electrons. The van der Waals surface area contributed by atoms with Gasteiger partial charge in [0, 0.05) is 0 Å². The van der Waals surface area contributed by atoms with Gasteiger partial charge >= 0.3 is 63.0 Å². The third-order valence-corrected chi connectivity index (χ3v) is 0. The van der Waals surface area contributed by atoms with Gasteiger partial charge in [0.1, 0.15) is 0 Å². The van der Waals surface area contributed by atoms with Crippen LogP contribution in [-0.4, -0.2) is 97.4 Å². The summed E-state index contributed by atoms with van der Waals surface area (Å²) in [6, 6.07) is 0. The summed E-state index contributed by atoms with van der Waals surface area (Å²) in [6.07, 6.45) is 0. The number of nitrogens with zero attached hydrogens (tertiary/aromatic N) is 6. The van der Waals surface area contributed by atoms with E-state index in [0.717, 1.165) is 0 Å². The van der Waals surface area contributed by atoms with Crippen LogP contribution in [0.2, 0.25) is 0 Å². The minimum atomic E-state index is -1.75. The minimum absolute atomic E-state index is 0. The second-order valence-corrected chi connectivity index (χ2v) is 1.34. The summed E-state index contributed by atoms with van der Waals surface area (Å²) in [5.41, 5.74) is 0. The Morgan fingerprint density at radius 1 is 0.294 bits per heavy atom. The van der Waals surface area contributed by atoms with Gasteiger partial charge in [-0.3, -0.25) is 0 Å². The van der Waals surface area contributed by atoms with Gasteiger partial charge < -0.3 is 136 Å². The van der Waals surface area contributed by atoms with Gasteiger partial charge in [-0.2, -0.15) is 0 Å². The molecule has 34 heavy (non-hydrogen) atoms. The van der Waals surface area contributed by atoms with Crippen molar-refractivity contribution >= 4 is 23.1 Å². The van der Waals surface area contributed by atoms with Crippen LogP contribution in [0.25, 0.3) is 0 Å². The van der Waals surface area contributed by atoms with Gasteiger partial charge in [0.05, 0.1) is 30.5 Å². The molecule has 0 bridgehead atoms. The maximum Gasteiger partial charge on any atom is 4.00 e. The molecule has 0 fully saturated rings. The van der Waals surface area contributed by atoms with Gasteiger partial charge in [-0.25, -0.2) is 0 Å². The van der Waals surface area contributed by atoms with Crippen molar-refractivity contribution in [1.29, 1.82) is 0 Å². The van der Waals surface area contributed by atoms with E-state index < -0.39 is 30.5 Å². The van der Waals surface area contributed by atoms with Gasteiger partial charge in [0.2, 0.25) is 0 Å². The number of rotatable bonds is 0. The molecule has 0 saturated carbocycles. The maximum atomic E-state index is 8.25. The Kier molecular flexibility index (Phi) is 410. The Labute approximate surface area is 228 Å².